The zero-order valence-electron chi connectivity index (χ0n) is 12.4. The van der Waals surface area contributed by atoms with Crippen LogP contribution in [-0.2, 0) is 5.41 Å². The van der Waals surface area contributed by atoms with Crippen molar-refractivity contribution in [3.8, 4) is 0 Å². The molecule has 2 rings (SSSR count). The zero-order chi connectivity index (χ0) is 13.9. The second-order valence-electron chi connectivity index (χ2n) is 6.50. The lowest BCUT2D eigenvalue weighted by Gasteiger charge is -2.24. The maximum absolute atomic E-state index is 5.77. The van der Waals surface area contributed by atoms with Crippen LogP contribution in [0.25, 0.3) is 0 Å². The Kier molecular flexibility index (Phi) is 4.43. The summed E-state index contributed by atoms with van der Waals surface area (Å²) in [5.74, 6) is 5.77. The van der Waals surface area contributed by atoms with Crippen molar-refractivity contribution in [1.82, 2.24) is 5.43 Å². The van der Waals surface area contributed by atoms with Gasteiger partial charge in [-0.2, -0.15) is 0 Å². The van der Waals surface area contributed by atoms with Gasteiger partial charge in [-0.15, -0.1) is 0 Å². The summed E-state index contributed by atoms with van der Waals surface area (Å²) in [6.07, 6.45) is 7.29. The fourth-order valence-corrected chi connectivity index (χ4v) is 2.72. The highest BCUT2D eigenvalue weighted by molar-refractivity contribution is 5.33. The Morgan fingerprint density at radius 1 is 1.11 bits per heavy atom. The van der Waals surface area contributed by atoms with Crippen LogP contribution in [0.5, 0.6) is 0 Å². The van der Waals surface area contributed by atoms with Gasteiger partial charge in [0.05, 0.1) is 6.04 Å². The molecule has 0 fully saturated rings. The Morgan fingerprint density at radius 2 is 1.79 bits per heavy atom. The first-order valence-electron chi connectivity index (χ1n) is 7.28. The van der Waals surface area contributed by atoms with E-state index in [0.29, 0.717) is 0 Å². The smallest absolute Gasteiger partial charge is 0.0670 e. The molecule has 0 aromatic heterocycles. The first-order valence-corrected chi connectivity index (χ1v) is 7.28. The number of nitrogens with two attached hydrogens (primary N) is 1. The van der Waals surface area contributed by atoms with Crippen molar-refractivity contribution in [3.63, 3.8) is 0 Å². The molecule has 0 aliphatic heterocycles. The lowest BCUT2D eigenvalue weighted by atomic mass is 9.85. The highest BCUT2D eigenvalue weighted by Gasteiger charge is 2.18. The van der Waals surface area contributed by atoms with Crippen molar-refractivity contribution in [2.45, 2.75) is 57.9 Å². The molecule has 3 N–H and O–H groups in total. The van der Waals surface area contributed by atoms with E-state index in [1.54, 1.807) is 0 Å². The summed E-state index contributed by atoms with van der Waals surface area (Å²) in [6.45, 7) is 6.72. The van der Waals surface area contributed by atoms with Crippen molar-refractivity contribution in [3.05, 3.63) is 47.0 Å². The third-order valence-electron chi connectivity index (χ3n) is 3.97. The van der Waals surface area contributed by atoms with Gasteiger partial charge in [-0.25, -0.2) is 5.43 Å². The largest absolute Gasteiger partial charge is 0.271 e. The Labute approximate surface area is 117 Å². The van der Waals surface area contributed by atoms with Gasteiger partial charge in [-0.05, 0) is 42.2 Å². The van der Waals surface area contributed by atoms with Gasteiger partial charge in [0.15, 0.2) is 0 Å². The van der Waals surface area contributed by atoms with E-state index in [1.807, 2.05) is 0 Å². The van der Waals surface area contributed by atoms with Gasteiger partial charge in [0.25, 0.3) is 0 Å². The van der Waals surface area contributed by atoms with E-state index >= 15 is 0 Å². The predicted molar refractivity (Wildman–Crippen MR) is 81.8 cm³/mol. The fourth-order valence-electron chi connectivity index (χ4n) is 2.72. The summed E-state index contributed by atoms with van der Waals surface area (Å²) in [5.41, 5.74) is 7.26. The van der Waals surface area contributed by atoms with Gasteiger partial charge >= 0.3 is 0 Å². The van der Waals surface area contributed by atoms with Crippen LogP contribution in [0.4, 0.5) is 0 Å². The van der Waals surface area contributed by atoms with E-state index in [9.17, 15) is 0 Å². The minimum atomic E-state index is 0.175. The molecule has 1 atom stereocenters. The SMILES string of the molecule is CC(C)(C)c1ccc(C(NN)C2=CCCCC2)cc1. The fraction of sp³-hybridized carbons (Fsp3) is 0.529. The molecule has 1 aliphatic carbocycles. The number of nitrogens with one attached hydrogen (secondary N) is 1. The molecule has 2 nitrogen and oxygen atoms in total. The van der Waals surface area contributed by atoms with Crippen LogP contribution in [0.1, 0.15) is 63.6 Å². The molecule has 0 radical (unpaired) electrons. The normalized spacial score (nSPS) is 18.0. The molecule has 0 saturated carbocycles. The number of rotatable bonds is 3. The molecule has 19 heavy (non-hydrogen) atoms. The Bertz CT molecular complexity index is 437. The lowest BCUT2D eigenvalue weighted by Crippen LogP contribution is -2.30. The summed E-state index contributed by atoms with van der Waals surface area (Å²) in [7, 11) is 0. The maximum Gasteiger partial charge on any atom is 0.0670 e. The Balaban J connectivity index is 2.22. The summed E-state index contributed by atoms with van der Waals surface area (Å²) in [5, 5.41) is 0. The van der Waals surface area contributed by atoms with Gasteiger partial charge in [0.2, 0.25) is 0 Å². The molecule has 1 aromatic carbocycles. The molecule has 0 spiro atoms. The second kappa shape index (κ2) is 5.89. The number of hydrazine groups is 1. The molecular weight excluding hydrogens is 232 g/mol. The second-order valence-corrected chi connectivity index (χ2v) is 6.50. The van der Waals surface area contributed by atoms with Gasteiger partial charge in [-0.1, -0.05) is 56.7 Å². The topological polar surface area (TPSA) is 38.0 Å². The first-order chi connectivity index (χ1) is 9.02. The van der Waals surface area contributed by atoms with E-state index in [1.165, 1.54) is 36.0 Å². The molecular formula is C17H26N2. The average molecular weight is 258 g/mol. The van der Waals surface area contributed by atoms with E-state index < -0.39 is 0 Å². The van der Waals surface area contributed by atoms with Crippen molar-refractivity contribution in [2.75, 3.05) is 0 Å². The van der Waals surface area contributed by atoms with E-state index in [2.05, 4.69) is 56.5 Å². The highest BCUT2D eigenvalue weighted by Crippen LogP contribution is 2.30. The van der Waals surface area contributed by atoms with E-state index in [0.717, 1.165) is 6.42 Å². The Hall–Kier alpha value is -1.12. The minimum absolute atomic E-state index is 0.175. The molecule has 1 aliphatic rings. The standard InChI is InChI=1S/C17H26N2/c1-17(2,3)15-11-9-14(10-12-15)16(19-18)13-7-5-4-6-8-13/h7,9-12,16,19H,4-6,8,18H2,1-3H3. The Morgan fingerprint density at radius 3 is 2.26 bits per heavy atom. The van der Waals surface area contributed by atoms with Gasteiger partial charge in [0, 0.05) is 0 Å². The van der Waals surface area contributed by atoms with Gasteiger partial charge in [-0.3, -0.25) is 5.84 Å². The number of allylic oxidation sites excluding steroid dienone is 1. The van der Waals surface area contributed by atoms with Crippen LogP contribution in [-0.4, -0.2) is 0 Å². The maximum atomic E-state index is 5.77. The van der Waals surface area contributed by atoms with Crippen LogP contribution in [0.2, 0.25) is 0 Å². The lowest BCUT2D eigenvalue weighted by molar-refractivity contribution is 0.563. The van der Waals surface area contributed by atoms with Crippen molar-refractivity contribution >= 4 is 0 Å². The molecule has 0 amide bonds. The monoisotopic (exact) mass is 258 g/mol. The molecule has 0 saturated heterocycles. The molecule has 104 valence electrons. The molecule has 1 aromatic rings. The van der Waals surface area contributed by atoms with Crippen molar-refractivity contribution in [2.24, 2.45) is 5.84 Å². The summed E-state index contributed by atoms with van der Waals surface area (Å²) >= 11 is 0. The number of hydrogen-bond acceptors (Lipinski definition) is 2. The third kappa shape index (κ3) is 3.46. The third-order valence-corrected chi connectivity index (χ3v) is 3.97. The van der Waals surface area contributed by atoms with Crippen molar-refractivity contribution in [1.29, 1.82) is 0 Å². The summed E-state index contributed by atoms with van der Waals surface area (Å²) in [4.78, 5) is 0. The van der Waals surface area contributed by atoms with Crippen LogP contribution in [0.15, 0.2) is 35.9 Å². The van der Waals surface area contributed by atoms with Gasteiger partial charge in [0.1, 0.15) is 0 Å². The summed E-state index contributed by atoms with van der Waals surface area (Å²) < 4.78 is 0. The number of benzene rings is 1. The summed E-state index contributed by atoms with van der Waals surface area (Å²) in [6, 6.07) is 9.04. The number of hydrogen-bond donors (Lipinski definition) is 2. The van der Waals surface area contributed by atoms with Crippen molar-refractivity contribution < 1.29 is 0 Å². The van der Waals surface area contributed by atoms with Crippen LogP contribution < -0.4 is 11.3 Å². The molecule has 0 heterocycles. The van der Waals surface area contributed by atoms with Crippen LogP contribution in [0, 0.1) is 0 Å². The van der Waals surface area contributed by atoms with Crippen LogP contribution in [0.3, 0.4) is 0 Å². The van der Waals surface area contributed by atoms with Crippen LogP contribution >= 0.6 is 0 Å². The quantitative estimate of drug-likeness (QED) is 0.489. The first kappa shape index (κ1) is 14.3. The van der Waals surface area contributed by atoms with E-state index in [-0.39, 0.29) is 11.5 Å². The zero-order valence-corrected chi connectivity index (χ0v) is 12.4. The molecule has 2 heteroatoms. The minimum Gasteiger partial charge on any atom is -0.271 e. The van der Waals surface area contributed by atoms with Gasteiger partial charge < -0.3 is 0 Å². The molecule has 1 unspecified atom stereocenters. The average Bonchev–Trinajstić information content (AvgIpc) is 2.40. The highest BCUT2D eigenvalue weighted by atomic mass is 15.2. The predicted octanol–water partition coefficient (Wildman–Crippen LogP) is 3.99. The van der Waals surface area contributed by atoms with E-state index in [4.69, 9.17) is 5.84 Å². The molecule has 0 bridgehead atoms.